The molecule has 2 aliphatic heterocycles. The number of fused-ring (bicyclic) bond motifs is 2. The minimum Gasteiger partial charge on any atom is -0.368 e. The van der Waals surface area contributed by atoms with Crippen molar-refractivity contribution in [1.82, 2.24) is 0 Å². The Kier molecular flexibility index (Phi) is 12.5. The maximum atomic E-state index is 14.2. The Labute approximate surface area is 303 Å². The third-order valence-corrected chi connectivity index (χ3v) is 11.2. The molecule has 0 saturated carbocycles. The Hall–Kier alpha value is -3.60. The second kappa shape index (κ2) is 17.8. The molecule has 0 unspecified atom stereocenters. The second-order valence-corrected chi connectivity index (χ2v) is 15.2. The molecule has 0 amide bonds. The zero-order valence-corrected chi connectivity index (χ0v) is 29.8. The van der Waals surface area contributed by atoms with E-state index in [2.05, 4.69) is 0 Å². The number of thioether (sulfide) groups is 1. The van der Waals surface area contributed by atoms with Crippen LogP contribution in [0.5, 0.6) is 0 Å². The van der Waals surface area contributed by atoms with Gasteiger partial charge in [-0.05, 0) is 34.4 Å². The Balaban J connectivity index is 1.12. The summed E-state index contributed by atoms with van der Waals surface area (Å²) in [7, 11) is -4.07. The van der Waals surface area contributed by atoms with Crippen LogP contribution in [0.4, 0.5) is 0 Å². The van der Waals surface area contributed by atoms with Gasteiger partial charge in [0.1, 0.15) is 36.0 Å². The molecule has 8 nitrogen and oxygen atoms in total. The molecule has 10 heteroatoms. The van der Waals surface area contributed by atoms with Crippen molar-refractivity contribution in [1.29, 1.82) is 0 Å². The zero-order chi connectivity index (χ0) is 34.7. The second-order valence-electron chi connectivity index (χ2n) is 12.3. The largest absolute Gasteiger partial charge is 0.475 e. The average Bonchev–Trinajstić information content (AvgIpc) is 3.44. The summed E-state index contributed by atoms with van der Waals surface area (Å²) in [6, 6.07) is 49.1. The summed E-state index contributed by atoms with van der Waals surface area (Å²) >= 11 is 1.58. The summed E-state index contributed by atoms with van der Waals surface area (Å²) in [5, 5.41) is 0. The molecule has 2 bridgehead atoms. The molecule has 0 radical (unpaired) electrons. The molecular weight excluding hydrogens is 683 g/mol. The zero-order valence-electron chi connectivity index (χ0n) is 28.1. The van der Waals surface area contributed by atoms with Crippen LogP contribution >= 0.6 is 19.6 Å². The fraction of sp³-hybridized carbons (Fsp3) is 0.268. The van der Waals surface area contributed by atoms with Crippen LogP contribution in [0.15, 0.2) is 157 Å². The highest BCUT2D eigenvalue weighted by atomic mass is 32.2. The van der Waals surface area contributed by atoms with E-state index in [0.717, 1.165) is 27.1 Å². The smallest absolute Gasteiger partial charge is 0.368 e. The van der Waals surface area contributed by atoms with Gasteiger partial charge in [-0.2, -0.15) is 0 Å². The van der Waals surface area contributed by atoms with E-state index in [1.165, 1.54) is 0 Å². The Morgan fingerprint density at radius 1 is 0.490 bits per heavy atom. The predicted molar refractivity (Wildman–Crippen MR) is 196 cm³/mol. The van der Waals surface area contributed by atoms with Crippen molar-refractivity contribution in [2.24, 2.45) is 0 Å². The average molecular weight is 725 g/mol. The minimum absolute atomic E-state index is 0.0506. The maximum absolute atomic E-state index is 14.2. The highest BCUT2D eigenvalue weighted by molar-refractivity contribution is 7.99. The van der Waals surface area contributed by atoms with Gasteiger partial charge in [0.25, 0.3) is 0 Å². The lowest BCUT2D eigenvalue weighted by Gasteiger charge is -2.39. The first-order valence-corrected chi connectivity index (χ1v) is 19.4. The van der Waals surface area contributed by atoms with Crippen LogP contribution in [0.3, 0.4) is 0 Å². The highest BCUT2D eigenvalue weighted by Gasteiger charge is 2.58. The molecule has 6 atom stereocenters. The van der Waals surface area contributed by atoms with Crippen molar-refractivity contribution in [2.75, 3.05) is 6.61 Å². The monoisotopic (exact) mass is 724 g/mol. The Bertz CT molecular complexity index is 1760. The lowest BCUT2D eigenvalue weighted by molar-refractivity contribution is -0.182. The van der Waals surface area contributed by atoms with E-state index in [0.29, 0.717) is 13.2 Å². The van der Waals surface area contributed by atoms with E-state index in [1.54, 1.807) is 11.8 Å². The molecular formula is C41H41O8PS. The van der Waals surface area contributed by atoms with Gasteiger partial charge in [0.15, 0.2) is 0 Å². The topological polar surface area (TPSA) is 81.7 Å². The fourth-order valence-corrected chi connectivity index (χ4v) is 8.36. The first-order chi connectivity index (χ1) is 25.1. The quantitative estimate of drug-likeness (QED) is 0.0873. The molecule has 5 aromatic rings. The van der Waals surface area contributed by atoms with Gasteiger partial charge in [-0.3, -0.25) is 13.6 Å². The lowest BCUT2D eigenvalue weighted by Crippen LogP contribution is -2.54. The number of hydrogen-bond donors (Lipinski definition) is 0. The van der Waals surface area contributed by atoms with Crippen molar-refractivity contribution in [3.63, 3.8) is 0 Å². The lowest BCUT2D eigenvalue weighted by atomic mass is 10.00. The van der Waals surface area contributed by atoms with Gasteiger partial charge < -0.3 is 18.9 Å². The minimum atomic E-state index is -4.07. The number of hydrogen-bond acceptors (Lipinski definition) is 9. The molecule has 264 valence electrons. The maximum Gasteiger partial charge on any atom is 0.475 e. The van der Waals surface area contributed by atoms with Gasteiger partial charge in [0.2, 0.25) is 0 Å². The van der Waals surface area contributed by atoms with E-state index in [4.69, 9.17) is 32.5 Å². The van der Waals surface area contributed by atoms with Crippen LogP contribution in [-0.4, -0.2) is 42.6 Å². The summed E-state index contributed by atoms with van der Waals surface area (Å²) in [6.07, 6.45) is -2.67. The van der Waals surface area contributed by atoms with Crippen LogP contribution in [0, 0.1) is 0 Å². The molecule has 0 aromatic heterocycles. The standard InChI is InChI=1S/C41H41O8PS/c42-50(45-28-33-20-10-3-11-21-33,46-29-34-22-12-4-13-23-34)47-30-36-37-38(43-26-31-16-6-1-7-17-31)39(48-36)40(44-27-32-18-8-2-9-19-32)41(49-37)51-35-24-14-5-15-25-35/h1-25,36-41H,26-30H2/t36-,37-,38-,39+,40+,41-/m1/s1. The molecule has 0 aliphatic carbocycles. The number of benzene rings is 5. The molecule has 0 spiro atoms. The van der Waals surface area contributed by atoms with Crippen LogP contribution in [-0.2, 0) is 63.5 Å². The molecule has 0 N–H and O–H groups in total. The van der Waals surface area contributed by atoms with Gasteiger partial charge in [0, 0.05) is 4.90 Å². The molecule has 2 aliphatic rings. The van der Waals surface area contributed by atoms with Gasteiger partial charge in [-0.15, -0.1) is 0 Å². The molecule has 2 heterocycles. The van der Waals surface area contributed by atoms with E-state index >= 15 is 0 Å². The van der Waals surface area contributed by atoms with Crippen molar-refractivity contribution in [2.45, 2.75) is 67.3 Å². The Morgan fingerprint density at radius 2 is 0.922 bits per heavy atom. The van der Waals surface area contributed by atoms with E-state index in [-0.39, 0.29) is 19.8 Å². The number of ether oxygens (including phenoxy) is 4. The third-order valence-electron chi connectivity index (χ3n) is 8.66. The SMILES string of the molecule is O=P(OCc1ccccc1)(OCc1ccccc1)OC[C@H]1O[C@H]2[C@H](OCc3ccccc3)[C@@H]1O[C@H](Sc1ccccc1)[C@H]2OCc1ccccc1. The number of rotatable bonds is 17. The van der Waals surface area contributed by atoms with Gasteiger partial charge in [0.05, 0.1) is 33.0 Å². The van der Waals surface area contributed by atoms with Crippen molar-refractivity contribution >= 4 is 19.6 Å². The fourth-order valence-electron chi connectivity index (χ4n) is 6.06. The molecule has 2 saturated heterocycles. The van der Waals surface area contributed by atoms with Crippen LogP contribution in [0.25, 0.3) is 0 Å². The van der Waals surface area contributed by atoms with Gasteiger partial charge in [-0.25, -0.2) is 4.57 Å². The van der Waals surface area contributed by atoms with E-state index in [1.807, 2.05) is 152 Å². The van der Waals surface area contributed by atoms with E-state index < -0.39 is 43.8 Å². The van der Waals surface area contributed by atoms with Crippen LogP contribution in [0.1, 0.15) is 22.3 Å². The normalized spacial score (nSPS) is 22.9. The third kappa shape index (κ3) is 9.84. The summed E-state index contributed by atoms with van der Waals surface area (Å²) in [5.74, 6) is 0. The first-order valence-electron chi connectivity index (χ1n) is 17.1. The summed E-state index contributed by atoms with van der Waals surface area (Å²) in [4.78, 5) is 1.04. The van der Waals surface area contributed by atoms with Crippen molar-refractivity contribution in [3.05, 3.63) is 174 Å². The van der Waals surface area contributed by atoms with Crippen molar-refractivity contribution < 1.29 is 37.1 Å². The number of phosphoric ester groups is 1. The molecule has 2 fully saturated rings. The highest BCUT2D eigenvalue weighted by Crippen LogP contribution is 2.52. The van der Waals surface area contributed by atoms with E-state index in [9.17, 15) is 4.57 Å². The number of phosphoric acid groups is 1. The molecule has 7 rings (SSSR count). The molecule has 51 heavy (non-hydrogen) atoms. The van der Waals surface area contributed by atoms with Gasteiger partial charge in [-0.1, -0.05) is 151 Å². The van der Waals surface area contributed by atoms with Crippen LogP contribution in [0.2, 0.25) is 0 Å². The first kappa shape index (κ1) is 35.8. The summed E-state index contributed by atoms with van der Waals surface area (Å²) in [6.45, 7) is 0.721. The van der Waals surface area contributed by atoms with Gasteiger partial charge >= 0.3 is 7.82 Å². The van der Waals surface area contributed by atoms with Crippen molar-refractivity contribution in [3.8, 4) is 0 Å². The summed E-state index contributed by atoms with van der Waals surface area (Å²) in [5.41, 5.74) is 3.34. The van der Waals surface area contributed by atoms with Crippen LogP contribution < -0.4 is 0 Å². The molecule has 5 aromatic carbocycles. The Morgan fingerprint density at radius 3 is 1.41 bits per heavy atom. The predicted octanol–water partition coefficient (Wildman–Crippen LogP) is 9.00. The summed E-state index contributed by atoms with van der Waals surface area (Å²) < 4.78 is 58.9.